The van der Waals surface area contributed by atoms with Crippen LogP contribution in [-0.4, -0.2) is 23.4 Å². The Balaban J connectivity index is 2.12. The number of ether oxygens (including phenoxy) is 1. The van der Waals surface area contributed by atoms with Gasteiger partial charge in [0, 0.05) is 11.1 Å². The van der Waals surface area contributed by atoms with Gasteiger partial charge in [0.1, 0.15) is 0 Å². The van der Waals surface area contributed by atoms with E-state index in [-0.39, 0.29) is 0 Å². The quantitative estimate of drug-likeness (QED) is 0.797. The maximum absolute atomic E-state index is 6.14. The highest BCUT2D eigenvalue weighted by molar-refractivity contribution is 9.10. The Morgan fingerprint density at radius 2 is 2.30 bits per heavy atom. The molecule has 0 bridgehead atoms. The average Bonchev–Trinajstić information content (AvgIpc) is 2.88. The second kappa shape index (κ2) is 7.17. The first-order chi connectivity index (χ1) is 9.61. The number of halogens is 2. The number of nitrogens with two attached hydrogens (primary N) is 1. The molecule has 108 valence electrons. The molecule has 20 heavy (non-hydrogen) atoms. The Bertz CT molecular complexity index is 576. The van der Waals surface area contributed by atoms with Crippen molar-refractivity contribution in [2.24, 2.45) is 5.73 Å². The van der Waals surface area contributed by atoms with E-state index in [0.717, 1.165) is 10.9 Å². The summed E-state index contributed by atoms with van der Waals surface area (Å²) in [6.45, 7) is 3.06. The van der Waals surface area contributed by atoms with Gasteiger partial charge in [0.25, 0.3) is 5.89 Å². The van der Waals surface area contributed by atoms with Gasteiger partial charge in [-0.25, -0.2) is 0 Å². The molecule has 0 aliphatic rings. The molecule has 1 heterocycles. The molecule has 2 rings (SSSR count). The number of hydrogen-bond acceptors (Lipinski definition) is 5. The van der Waals surface area contributed by atoms with Crippen molar-refractivity contribution in [1.82, 2.24) is 10.1 Å². The second-order valence-electron chi connectivity index (χ2n) is 4.26. The van der Waals surface area contributed by atoms with Gasteiger partial charge in [0.15, 0.2) is 5.82 Å². The zero-order valence-electron chi connectivity index (χ0n) is 11.0. The minimum Gasteiger partial charge on any atom is -0.379 e. The van der Waals surface area contributed by atoms with E-state index in [4.69, 9.17) is 26.6 Å². The van der Waals surface area contributed by atoms with Gasteiger partial charge < -0.3 is 15.0 Å². The fourth-order valence-corrected chi connectivity index (χ4v) is 2.34. The van der Waals surface area contributed by atoms with Crippen LogP contribution in [0.25, 0.3) is 11.5 Å². The van der Waals surface area contributed by atoms with Crippen LogP contribution in [0.5, 0.6) is 0 Å². The normalized spacial score (nSPS) is 12.6. The van der Waals surface area contributed by atoms with Crippen molar-refractivity contribution in [3.05, 3.63) is 33.5 Å². The largest absolute Gasteiger partial charge is 0.379 e. The predicted octanol–water partition coefficient (Wildman–Crippen LogP) is 3.58. The molecule has 0 spiro atoms. The molecular formula is C13H15BrClN3O2. The van der Waals surface area contributed by atoms with E-state index in [0.29, 0.717) is 35.5 Å². The topological polar surface area (TPSA) is 74.2 Å². The van der Waals surface area contributed by atoms with Gasteiger partial charge in [-0.1, -0.05) is 39.6 Å². The standard InChI is InChI=1S/C13H15BrClN3O2/c1-2-5-19-7-11(16)12-17-13(20-18-12)9-4-3-8(14)6-10(9)15/h3-4,6,11H,2,5,7,16H2,1H3. The Labute approximate surface area is 130 Å². The third-order valence-corrected chi connectivity index (χ3v) is 3.39. The zero-order chi connectivity index (χ0) is 14.5. The lowest BCUT2D eigenvalue weighted by Gasteiger charge is -2.06. The van der Waals surface area contributed by atoms with Crippen LogP contribution < -0.4 is 5.73 Å². The van der Waals surface area contributed by atoms with Crippen molar-refractivity contribution < 1.29 is 9.26 Å². The van der Waals surface area contributed by atoms with E-state index in [1.165, 1.54) is 0 Å². The molecular weight excluding hydrogens is 346 g/mol. The first kappa shape index (κ1) is 15.4. The number of hydrogen-bond donors (Lipinski definition) is 1. The minimum atomic E-state index is -0.409. The Kier molecular flexibility index (Phi) is 5.54. The molecule has 0 aliphatic heterocycles. The summed E-state index contributed by atoms with van der Waals surface area (Å²) >= 11 is 9.49. The third-order valence-electron chi connectivity index (χ3n) is 2.58. The maximum Gasteiger partial charge on any atom is 0.259 e. The molecule has 1 aromatic heterocycles. The first-order valence-corrected chi connectivity index (χ1v) is 7.41. The molecule has 0 saturated carbocycles. The van der Waals surface area contributed by atoms with Crippen LogP contribution in [-0.2, 0) is 4.74 Å². The van der Waals surface area contributed by atoms with Gasteiger partial charge in [-0.3, -0.25) is 0 Å². The van der Waals surface area contributed by atoms with E-state index in [1.54, 1.807) is 6.07 Å². The Morgan fingerprint density at radius 1 is 1.50 bits per heavy atom. The van der Waals surface area contributed by atoms with Crippen molar-refractivity contribution in [2.45, 2.75) is 19.4 Å². The van der Waals surface area contributed by atoms with Gasteiger partial charge in [0.2, 0.25) is 0 Å². The van der Waals surface area contributed by atoms with Crippen molar-refractivity contribution in [3.63, 3.8) is 0 Å². The molecule has 0 aliphatic carbocycles. The summed E-state index contributed by atoms with van der Waals surface area (Å²) in [6, 6.07) is 5.02. The summed E-state index contributed by atoms with van der Waals surface area (Å²) in [7, 11) is 0. The molecule has 0 radical (unpaired) electrons. The highest BCUT2D eigenvalue weighted by Gasteiger charge is 2.17. The first-order valence-electron chi connectivity index (χ1n) is 6.24. The fraction of sp³-hybridized carbons (Fsp3) is 0.385. The SMILES string of the molecule is CCCOCC(N)c1noc(-c2ccc(Br)cc2Cl)n1. The van der Waals surface area contributed by atoms with Gasteiger partial charge >= 0.3 is 0 Å². The lowest BCUT2D eigenvalue weighted by molar-refractivity contribution is 0.119. The summed E-state index contributed by atoms with van der Waals surface area (Å²) in [6.07, 6.45) is 0.943. The van der Waals surface area contributed by atoms with Crippen LogP contribution in [0.1, 0.15) is 25.2 Å². The molecule has 2 N–H and O–H groups in total. The van der Waals surface area contributed by atoms with Crippen molar-refractivity contribution >= 4 is 27.5 Å². The van der Waals surface area contributed by atoms with E-state index in [9.17, 15) is 0 Å². The summed E-state index contributed by atoms with van der Waals surface area (Å²) in [5.41, 5.74) is 6.62. The van der Waals surface area contributed by atoms with Crippen LogP contribution in [0.4, 0.5) is 0 Å². The van der Waals surface area contributed by atoms with Crippen LogP contribution in [0.15, 0.2) is 27.2 Å². The third kappa shape index (κ3) is 3.79. The zero-order valence-corrected chi connectivity index (χ0v) is 13.3. The average molecular weight is 361 g/mol. The molecule has 7 heteroatoms. The van der Waals surface area contributed by atoms with E-state index in [2.05, 4.69) is 26.1 Å². The van der Waals surface area contributed by atoms with Crippen LogP contribution in [0, 0.1) is 0 Å². The number of aromatic nitrogens is 2. The van der Waals surface area contributed by atoms with E-state index < -0.39 is 6.04 Å². The Hall–Kier alpha value is -0.950. The van der Waals surface area contributed by atoms with Crippen molar-refractivity contribution in [3.8, 4) is 11.5 Å². The monoisotopic (exact) mass is 359 g/mol. The predicted molar refractivity (Wildman–Crippen MR) is 80.5 cm³/mol. The molecule has 1 aromatic carbocycles. The van der Waals surface area contributed by atoms with Gasteiger partial charge in [-0.05, 0) is 24.6 Å². The maximum atomic E-state index is 6.14. The molecule has 1 atom stereocenters. The van der Waals surface area contributed by atoms with Crippen LogP contribution in [0.2, 0.25) is 5.02 Å². The molecule has 2 aromatic rings. The molecule has 0 amide bonds. The van der Waals surface area contributed by atoms with Gasteiger partial charge in [0.05, 0.1) is 23.2 Å². The lowest BCUT2D eigenvalue weighted by Crippen LogP contribution is -2.18. The minimum absolute atomic E-state index is 0.350. The van der Waals surface area contributed by atoms with E-state index >= 15 is 0 Å². The number of nitrogens with zero attached hydrogens (tertiary/aromatic N) is 2. The smallest absolute Gasteiger partial charge is 0.259 e. The summed E-state index contributed by atoms with van der Waals surface area (Å²) in [5.74, 6) is 0.763. The van der Waals surface area contributed by atoms with Gasteiger partial charge in [-0.2, -0.15) is 4.98 Å². The Morgan fingerprint density at radius 3 is 3.00 bits per heavy atom. The number of benzene rings is 1. The highest BCUT2D eigenvalue weighted by Crippen LogP contribution is 2.29. The number of rotatable bonds is 6. The summed E-state index contributed by atoms with van der Waals surface area (Å²) in [5, 5.41) is 4.41. The van der Waals surface area contributed by atoms with Crippen LogP contribution in [0.3, 0.4) is 0 Å². The summed E-state index contributed by atoms with van der Waals surface area (Å²) < 4.78 is 11.5. The lowest BCUT2D eigenvalue weighted by atomic mass is 10.2. The van der Waals surface area contributed by atoms with Crippen LogP contribution >= 0.6 is 27.5 Å². The van der Waals surface area contributed by atoms with Crippen molar-refractivity contribution in [2.75, 3.05) is 13.2 Å². The molecule has 0 saturated heterocycles. The molecule has 5 nitrogen and oxygen atoms in total. The van der Waals surface area contributed by atoms with E-state index in [1.807, 2.05) is 19.1 Å². The second-order valence-corrected chi connectivity index (χ2v) is 5.59. The van der Waals surface area contributed by atoms with Gasteiger partial charge in [-0.15, -0.1) is 0 Å². The molecule has 0 fully saturated rings. The molecule has 1 unspecified atom stereocenters. The fourth-order valence-electron chi connectivity index (χ4n) is 1.59. The summed E-state index contributed by atoms with van der Waals surface area (Å²) in [4.78, 5) is 4.27. The highest BCUT2D eigenvalue weighted by atomic mass is 79.9. The van der Waals surface area contributed by atoms with Crippen molar-refractivity contribution in [1.29, 1.82) is 0 Å².